The molecule has 7 heteroatoms. The largest absolute Gasteiger partial charge is 0.369 e. The van der Waals surface area contributed by atoms with Gasteiger partial charge in [-0.25, -0.2) is 4.98 Å². The Morgan fingerprint density at radius 1 is 1.11 bits per heavy atom. The number of rotatable bonds is 2. The Bertz CT molecular complexity index is 1050. The smallest absolute Gasteiger partial charge is 0.289 e. The molecule has 7 nitrogen and oxygen atoms in total. The molecule has 0 spiro atoms. The Kier molecular flexibility index (Phi) is 4.58. The Labute approximate surface area is 156 Å². The number of carbonyl (C=O) groups is 1. The van der Waals surface area contributed by atoms with Crippen LogP contribution in [-0.2, 0) is 0 Å². The summed E-state index contributed by atoms with van der Waals surface area (Å²) >= 11 is 0. The summed E-state index contributed by atoms with van der Waals surface area (Å²) in [4.78, 5) is 40.4. The first-order valence-corrected chi connectivity index (χ1v) is 9.07. The molecule has 1 aromatic carbocycles. The number of aryl methyl sites for hydroxylation is 1. The second-order valence-electron chi connectivity index (χ2n) is 6.73. The zero-order valence-electron chi connectivity index (χ0n) is 15.2. The number of nitrogens with one attached hydrogen (secondary N) is 1. The van der Waals surface area contributed by atoms with Gasteiger partial charge in [-0.15, -0.1) is 0 Å². The molecule has 0 saturated carbocycles. The van der Waals surface area contributed by atoms with Crippen molar-refractivity contribution in [3.8, 4) is 0 Å². The molecule has 0 unspecified atom stereocenters. The summed E-state index contributed by atoms with van der Waals surface area (Å²) in [5.41, 5.74) is 2.52. The van der Waals surface area contributed by atoms with Crippen LogP contribution in [0.5, 0.6) is 0 Å². The number of carbonyl (C=O) groups excluding carboxylic acids is 1. The molecule has 27 heavy (non-hydrogen) atoms. The Hall–Kier alpha value is -3.22. The number of para-hydroxylation sites is 1. The predicted molar refractivity (Wildman–Crippen MR) is 104 cm³/mol. The minimum absolute atomic E-state index is 0.104. The summed E-state index contributed by atoms with van der Waals surface area (Å²) in [7, 11) is 0. The van der Waals surface area contributed by atoms with Crippen LogP contribution in [0.2, 0.25) is 0 Å². The molecule has 0 radical (unpaired) electrons. The number of hydrogen-bond acceptors (Lipinski definition) is 5. The SMILES string of the molecule is Cc1cnccc1N1CCCN(C(=O)c2nc3ccccc3c(=O)[nH]2)CC1. The van der Waals surface area contributed by atoms with Crippen molar-refractivity contribution in [2.75, 3.05) is 31.1 Å². The van der Waals surface area contributed by atoms with Gasteiger partial charge in [-0.1, -0.05) is 12.1 Å². The lowest BCUT2D eigenvalue weighted by Gasteiger charge is -2.24. The van der Waals surface area contributed by atoms with E-state index < -0.39 is 0 Å². The third-order valence-electron chi connectivity index (χ3n) is 4.93. The van der Waals surface area contributed by atoms with Crippen molar-refractivity contribution in [3.63, 3.8) is 0 Å². The van der Waals surface area contributed by atoms with Crippen molar-refractivity contribution in [1.29, 1.82) is 0 Å². The van der Waals surface area contributed by atoms with Gasteiger partial charge < -0.3 is 14.8 Å². The lowest BCUT2D eigenvalue weighted by molar-refractivity contribution is 0.0755. The standard InChI is InChI=1S/C20H21N5O2/c1-14-13-21-8-7-17(14)24-9-4-10-25(12-11-24)20(27)18-22-16-6-3-2-5-15(16)19(26)23-18/h2-3,5-8,13H,4,9-12H2,1H3,(H,22,23,26). The molecule has 1 fully saturated rings. The van der Waals surface area contributed by atoms with E-state index in [-0.39, 0.29) is 17.3 Å². The number of nitrogens with zero attached hydrogens (tertiary/aromatic N) is 4. The molecule has 1 aliphatic heterocycles. The first-order chi connectivity index (χ1) is 13.1. The van der Waals surface area contributed by atoms with Gasteiger partial charge in [0.15, 0.2) is 5.82 Å². The van der Waals surface area contributed by atoms with Crippen molar-refractivity contribution in [2.24, 2.45) is 0 Å². The van der Waals surface area contributed by atoms with Crippen LogP contribution in [0.1, 0.15) is 22.6 Å². The molecule has 4 rings (SSSR count). The van der Waals surface area contributed by atoms with Gasteiger partial charge in [-0.2, -0.15) is 0 Å². The van der Waals surface area contributed by atoms with Crippen LogP contribution >= 0.6 is 0 Å². The van der Waals surface area contributed by atoms with E-state index in [4.69, 9.17) is 0 Å². The third-order valence-corrected chi connectivity index (χ3v) is 4.93. The maximum atomic E-state index is 12.9. The number of amides is 1. The molecule has 3 aromatic rings. The highest BCUT2D eigenvalue weighted by Crippen LogP contribution is 2.20. The Balaban J connectivity index is 1.55. The molecule has 1 aliphatic rings. The number of fused-ring (bicyclic) bond motifs is 1. The summed E-state index contributed by atoms with van der Waals surface area (Å²) in [5, 5.41) is 0.490. The van der Waals surface area contributed by atoms with E-state index in [1.165, 1.54) is 0 Å². The second kappa shape index (κ2) is 7.19. The third kappa shape index (κ3) is 3.40. The maximum absolute atomic E-state index is 12.9. The quantitative estimate of drug-likeness (QED) is 0.753. The average molecular weight is 363 g/mol. The van der Waals surface area contributed by atoms with E-state index >= 15 is 0 Å². The molecule has 0 atom stereocenters. The molecule has 1 saturated heterocycles. The fourth-order valence-electron chi connectivity index (χ4n) is 3.52. The molecule has 2 aromatic heterocycles. The first kappa shape index (κ1) is 17.2. The minimum atomic E-state index is -0.284. The fourth-order valence-corrected chi connectivity index (χ4v) is 3.52. The van der Waals surface area contributed by atoms with Crippen molar-refractivity contribution in [3.05, 3.63) is 64.5 Å². The highest BCUT2D eigenvalue weighted by atomic mass is 16.2. The van der Waals surface area contributed by atoms with E-state index in [1.807, 2.05) is 25.3 Å². The molecule has 3 heterocycles. The highest BCUT2D eigenvalue weighted by Gasteiger charge is 2.23. The minimum Gasteiger partial charge on any atom is -0.369 e. The Morgan fingerprint density at radius 2 is 1.96 bits per heavy atom. The maximum Gasteiger partial charge on any atom is 0.289 e. The molecule has 1 amide bonds. The van der Waals surface area contributed by atoms with Gasteiger partial charge in [-0.05, 0) is 37.1 Å². The summed E-state index contributed by atoms with van der Waals surface area (Å²) in [6.45, 7) is 4.86. The number of H-pyrrole nitrogens is 1. The van der Waals surface area contributed by atoms with Crippen LogP contribution in [-0.4, -0.2) is 51.9 Å². The van der Waals surface area contributed by atoms with Crippen LogP contribution in [0.3, 0.4) is 0 Å². The monoisotopic (exact) mass is 363 g/mol. The number of anilines is 1. The number of aromatic nitrogens is 3. The van der Waals surface area contributed by atoms with Crippen LogP contribution < -0.4 is 10.5 Å². The normalized spacial score (nSPS) is 15.0. The number of pyridine rings is 1. The molecular formula is C20H21N5O2. The fraction of sp³-hybridized carbons (Fsp3) is 0.300. The first-order valence-electron chi connectivity index (χ1n) is 9.07. The van der Waals surface area contributed by atoms with Gasteiger partial charge in [0.1, 0.15) is 0 Å². The number of hydrogen-bond donors (Lipinski definition) is 1. The summed E-state index contributed by atoms with van der Waals surface area (Å²) in [6.07, 6.45) is 4.50. The molecule has 138 valence electrons. The van der Waals surface area contributed by atoms with Gasteiger partial charge in [0, 0.05) is 44.3 Å². The summed E-state index contributed by atoms with van der Waals surface area (Å²) in [6, 6.07) is 9.05. The number of benzene rings is 1. The van der Waals surface area contributed by atoms with Gasteiger partial charge in [-0.3, -0.25) is 14.6 Å². The van der Waals surface area contributed by atoms with Crippen LogP contribution in [0.15, 0.2) is 47.5 Å². The van der Waals surface area contributed by atoms with Gasteiger partial charge in [0.05, 0.1) is 10.9 Å². The number of aromatic amines is 1. The topological polar surface area (TPSA) is 82.2 Å². The lowest BCUT2D eigenvalue weighted by Crippen LogP contribution is -2.37. The lowest BCUT2D eigenvalue weighted by atomic mass is 10.2. The van der Waals surface area contributed by atoms with Crippen LogP contribution in [0, 0.1) is 6.92 Å². The molecule has 0 bridgehead atoms. The van der Waals surface area contributed by atoms with Crippen molar-refractivity contribution in [2.45, 2.75) is 13.3 Å². The Morgan fingerprint density at radius 3 is 2.81 bits per heavy atom. The van der Waals surface area contributed by atoms with Crippen molar-refractivity contribution < 1.29 is 4.79 Å². The van der Waals surface area contributed by atoms with E-state index in [2.05, 4.69) is 19.9 Å². The highest BCUT2D eigenvalue weighted by molar-refractivity contribution is 5.92. The average Bonchev–Trinajstić information content (AvgIpc) is 2.94. The van der Waals surface area contributed by atoms with Crippen molar-refractivity contribution in [1.82, 2.24) is 19.9 Å². The second-order valence-corrected chi connectivity index (χ2v) is 6.73. The van der Waals surface area contributed by atoms with Gasteiger partial charge >= 0.3 is 0 Å². The van der Waals surface area contributed by atoms with E-state index in [9.17, 15) is 9.59 Å². The predicted octanol–water partition coefficient (Wildman–Crippen LogP) is 1.98. The summed E-state index contributed by atoms with van der Waals surface area (Å²) in [5.74, 6) is -0.126. The van der Waals surface area contributed by atoms with Crippen LogP contribution in [0.25, 0.3) is 10.9 Å². The van der Waals surface area contributed by atoms with E-state index in [0.29, 0.717) is 24.0 Å². The zero-order chi connectivity index (χ0) is 18.8. The molecular weight excluding hydrogens is 342 g/mol. The molecule has 1 N–H and O–H groups in total. The van der Waals surface area contributed by atoms with Gasteiger partial charge in [0.25, 0.3) is 11.5 Å². The zero-order valence-corrected chi connectivity index (χ0v) is 15.2. The van der Waals surface area contributed by atoms with Crippen LogP contribution in [0.4, 0.5) is 5.69 Å². The van der Waals surface area contributed by atoms with Crippen molar-refractivity contribution >= 4 is 22.5 Å². The summed E-state index contributed by atoms with van der Waals surface area (Å²) < 4.78 is 0. The van der Waals surface area contributed by atoms with E-state index in [0.717, 1.165) is 30.8 Å². The van der Waals surface area contributed by atoms with Gasteiger partial charge in [0.2, 0.25) is 0 Å². The molecule has 0 aliphatic carbocycles. The van der Waals surface area contributed by atoms with E-state index in [1.54, 1.807) is 29.3 Å².